The standard InChI is InChI=1S/C24H24INO4/c1-22-12-23(2,14-24(3,13-22)21(29)30)20(28)26(19(22)27)18-11-16(9-10-17(18)25)15-7-5-4-6-8-15/h4-11H,12-14H2,1-3H3,(H,29,30)/t22-,23+,24-. The van der Waals surface area contributed by atoms with Crippen LogP contribution in [0.5, 0.6) is 0 Å². The summed E-state index contributed by atoms with van der Waals surface area (Å²) in [6, 6.07) is 15.6. The fourth-order valence-corrected chi connectivity index (χ4v) is 6.15. The maximum atomic E-state index is 13.6. The second-order valence-electron chi connectivity index (χ2n) is 9.50. The zero-order valence-electron chi connectivity index (χ0n) is 17.2. The van der Waals surface area contributed by atoms with Gasteiger partial charge < -0.3 is 5.11 Å². The molecule has 3 atom stereocenters. The Morgan fingerprint density at radius 3 is 2.00 bits per heavy atom. The Hall–Kier alpha value is -2.22. The van der Waals surface area contributed by atoms with Crippen LogP contribution in [0.4, 0.5) is 5.69 Å². The van der Waals surface area contributed by atoms with E-state index in [0.717, 1.165) is 14.7 Å². The number of fused-ring (bicyclic) bond motifs is 2. The molecule has 2 aliphatic rings. The van der Waals surface area contributed by atoms with Gasteiger partial charge >= 0.3 is 5.97 Å². The Morgan fingerprint density at radius 2 is 1.47 bits per heavy atom. The number of carbonyl (C=O) groups excluding carboxylic acids is 2. The number of imide groups is 1. The molecular weight excluding hydrogens is 493 g/mol. The van der Waals surface area contributed by atoms with Crippen molar-refractivity contribution in [3.63, 3.8) is 0 Å². The molecule has 156 valence electrons. The Morgan fingerprint density at radius 1 is 0.900 bits per heavy atom. The molecule has 1 saturated heterocycles. The summed E-state index contributed by atoms with van der Waals surface area (Å²) < 4.78 is 0.808. The van der Waals surface area contributed by atoms with Crippen LogP contribution in [0.2, 0.25) is 0 Å². The number of anilines is 1. The first-order valence-corrected chi connectivity index (χ1v) is 11.0. The van der Waals surface area contributed by atoms with Gasteiger partial charge in [-0.2, -0.15) is 0 Å². The molecule has 30 heavy (non-hydrogen) atoms. The zero-order chi connectivity index (χ0) is 21.9. The van der Waals surface area contributed by atoms with Crippen LogP contribution in [-0.2, 0) is 14.4 Å². The number of rotatable bonds is 3. The van der Waals surface area contributed by atoms with Crippen LogP contribution >= 0.6 is 22.6 Å². The first-order valence-electron chi connectivity index (χ1n) is 9.97. The number of carboxylic acids is 1. The van der Waals surface area contributed by atoms with E-state index in [1.807, 2.05) is 48.5 Å². The number of aliphatic carboxylic acids is 1. The smallest absolute Gasteiger partial charge is 0.309 e. The summed E-state index contributed by atoms with van der Waals surface area (Å²) in [6.07, 6.45) is 0.830. The molecule has 5 nitrogen and oxygen atoms in total. The van der Waals surface area contributed by atoms with E-state index in [1.54, 1.807) is 20.8 Å². The van der Waals surface area contributed by atoms with Crippen LogP contribution in [-0.4, -0.2) is 22.9 Å². The van der Waals surface area contributed by atoms with Crippen molar-refractivity contribution in [2.45, 2.75) is 40.0 Å². The molecule has 2 fully saturated rings. The lowest BCUT2D eigenvalue weighted by atomic mass is 9.52. The first kappa shape index (κ1) is 21.0. The number of carbonyl (C=O) groups is 3. The molecule has 0 spiro atoms. The minimum Gasteiger partial charge on any atom is -0.481 e. The lowest BCUT2D eigenvalue weighted by molar-refractivity contribution is -0.167. The topological polar surface area (TPSA) is 74.7 Å². The van der Waals surface area contributed by atoms with E-state index >= 15 is 0 Å². The molecule has 1 aliphatic carbocycles. The average molecular weight is 517 g/mol. The Bertz CT molecular complexity index is 1040. The number of hydrogen-bond donors (Lipinski definition) is 1. The van der Waals surface area contributed by atoms with Crippen LogP contribution in [0, 0.1) is 19.8 Å². The summed E-state index contributed by atoms with van der Waals surface area (Å²) in [5.41, 5.74) is -0.406. The van der Waals surface area contributed by atoms with Gasteiger partial charge in [0.1, 0.15) is 0 Å². The van der Waals surface area contributed by atoms with Gasteiger partial charge in [-0.1, -0.05) is 50.2 Å². The predicted molar refractivity (Wildman–Crippen MR) is 123 cm³/mol. The van der Waals surface area contributed by atoms with Crippen molar-refractivity contribution in [2.24, 2.45) is 16.2 Å². The molecule has 0 aromatic heterocycles. The molecule has 1 saturated carbocycles. The van der Waals surface area contributed by atoms with Crippen LogP contribution in [0.1, 0.15) is 40.0 Å². The van der Waals surface area contributed by atoms with Crippen molar-refractivity contribution in [1.29, 1.82) is 0 Å². The normalized spacial score (nSPS) is 31.0. The fraction of sp³-hybridized carbons (Fsp3) is 0.375. The number of carboxylic acid groups (broad SMARTS) is 1. The van der Waals surface area contributed by atoms with Gasteiger partial charge in [0.05, 0.1) is 11.1 Å². The summed E-state index contributed by atoms with van der Waals surface area (Å²) in [4.78, 5) is 40.6. The number of benzene rings is 2. The van der Waals surface area contributed by atoms with Gasteiger partial charge in [0.25, 0.3) is 0 Å². The van der Waals surface area contributed by atoms with Crippen molar-refractivity contribution in [3.05, 3.63) is 52.1 Å². The monoisotopic (exact) mass is 517 g/mol. The molecule has 0 radical (unpaired) electrons. The maximum Gasteiger partial charge on any atom is 0.309 e. The number of amides is 2. The number of halogens is 1. The van der Waals surface area contributed by atoms with E-state index in [9.17, 15) is 19.5 Å². The highest BCUT2D eigenvalue weighted by Crippen LogP contribution is 2.59. The molecular formula is C24H24INO4. The minimum absolute atomic E-state index is 0.225. The number of piperidine rings is 1. The van der Waals surface area contributed by atoms with Gasteiger partial charge in [-0.05, 0) is 72.0 Å². The molecule has 1 heterocycles. The zero-order valence-corrected chi connectivity index (χ0v) is 19.4. The molecule has 2 amide bonds. The molecule has 0 unspecified atom stereocenters. The molecule has 1 N–H and O–H groups in total. The third kappa shape index (κ3) is 3.16. The lowest BCUT2D eigenvalue weighted by Gasteiger charge is -2.55. The summed E-state index contributed by atoms with van der Waals surface area (Å²) in [5, 5.41) is 9.81. The molecule has 1 aliphatic heterocycles. The second-order valence-corrected chi connectivity index (χ2v) is 10.7. The van der Waals surface area contributed by atoms with E-state index in [0.29, 0.717) is 12.1 Å². The quantitative estimate of drug-likeness (QED) is 0.453. The Balaban J connectivity index is 1.83. The highest BCUT2D eigenvalue weighted by Gasteiger charge is 2.63. The third-order valence-electron chi connectivity index (χ3n) is 6.59. The van der Waals surface area contributed by atoms with Crippen molar-refractivity contribution < 1.29 is 19.5 Å². The largest absolute Gasteiger partial charge is 0.481 e. The van der Waals surface area contributed by atoms with E-state index in [1.165, 1.54) is 4.90 Å². The van der Waals surface area contributed by atoms with Crippen LogP contribution in [0.3, 0.4) is 0 Å². The molecule has 2 bridgehead atoms. The molecule has 4 rings (SSSR count). The Labute approximate surface area is 189 Å². The van der Waals surface area contributed by atoms with Gasteiger partial charge in [0.2, 0.25) is 11.8 Å². The highest BCUT2D eigenvalue weighted by molar-refractivity contribution is 14.1. The lowest BCUT2D eigenvalue weighted by Crippen LogP contribution is -2.64. The first-order chi connectivity index (χ1) is 14.0. The molecule has 6 heteroatoms. The number of nitrogens with zero attached hydrogens (tertiary/aromatic N) is 1. The van der Waals surface area contributed by atoms with Gasteiger partial charge in [-0.15, -0.1) is 0 Å². The summed E-state index contributed by atoms with van der Waals surface area (Å²) >= 11 is 2.15. The van der Waals surface area contributed by atoms with Gasteiger partial charge in [0.15, 0.2) is 0 Å². The number of hydrogen-bond acceptors (Lipinski definition) is 3. The summed E-state index contributed by atoms with van der Waals surface area (Å²) in [7, 11) is 0. The second kappa shape index (κ2) is 6.90. The van der Waals surface area contributed by atoms with Crippen LogP contribution < -0.4 is 4.90 Å². The van der Waals surface area contributed by atoms with Crippen LogP contribution in [0.15, 0.2) is 48.5 Å². The molecule has 2 aromatic carbocycles. The molecule has 2 aromatic rings. The van der Waals surface area contributed by atoms with E-state index in [2.05, 4.69) is 22.6 Å². The van der Waals surface area contributed by atoms with E-state index in [4.69, 9.17) is 0 Å². The SMILES string of the molecule is C[C@@]1(C(=O)O)C[C@@]2(C)C[C@@](C)(C1)C(=O)N(c1cc(-c3ccccc3)ccc1I)C2=O. The highest BCUT2D eigenvalue weighted by atomic mass is 127. The van der Waals surface area contributed by atoms with E-state index < -0.39 is 22.2 Å². The predicted octanol–water partition coefficient (Wildman–Crippen LogP) is 5.12. The average Bonchev–Trinajstić information content (AvgIpc) is 2.68. The summed E-state index contributed by atoms with van der Waals surface area (Å²) in [6.45, 7) is 5.27. The summed E-state index contributed by atoms with van der Waals surface area (Å²) in [5.74, 6) is -1.56. The van der Waals surface area contributed by atoms with Gasteiger partial charge in [-0.3, -0.25) is 14.4 Å². The van der Waals surface area contributed by atoms with Gasteiger partial charge in [-0.25, -0.2) is 4.90 Å². The van der Waals surface area contributed by atoms with Crippen molar-refractivity contribution in [3.8, 4) is 11.1 Å². The Kier molecular flexibility index (Phi) is 4.84. The third-order valence-corrected chi connectivity index (χ3v) is 7.50. The maximum absolute atomic E-state index is 13.6. The van der Waals surface area contributed by atoms with Crippen molar-refractivity contribution in [1.82, 2.24) is 0 Å². The fourth-order valence-electron chi connectivity index (χ4n) is 5.57. The van der Waals surface area contributed by atoms with E-state index in [-0.39, 0.29) is 24.7 Å². The minimum atomic E-state index is -1.10. The van der Waals surface area contributed by atoms with Crippen molar-refractivity contribution in [2.75, 3.05) is 4.90 Å². The van der Waals surface area contributed by atoms with Crippen LogP contribution in [0.25, 0.3) is 11.1 Å². The van der Waals surface area contributed by atoms with Crippen molar-refractivity contribution >= 4 is 46.1 Å². The van der Waals surface area contributed by atoms with Gasteiger partial charge in [0, 0.05) is 14.4 Å².